The molecule has 5 nitrogen and oxygen atoms in total. The van der Waals surface area contributed by atoms with Gasteiger partial charge in [0, 0.05) is 12.7 Å². The van der Waals surface area contributed by atoms with Gasteiger partial charge in [0.25, 0.3) is 0 Å². The number of carbonyl (C=O) groups excluding carboxylic acids is 1. The number of unbranched alkanes of at least 4 members (excludes halogenated alkanes) is 6. The van der Waals surface area contributed by atoms with Crippen molar-refractivity contribution in [2.75, 3.05) is 31.7 Å². The van der Waals surface area contributed by atoms with Gasteiger partial charge >= 0.3 is 5.97 Å². The zero-order valence-corrected chi connectivity index (χ0v) is 20.1. The first kappa shape index (κ1) is 25.7. The summed E-state index contributed by atoms with van der Waals surface area (Å²) in [5, 5.41) is 0. The molecule has 1 aromatic heterocycles. The van der Waals surface area contributed by atoms with Gasteiger partial charge in [0.1, 0.15) is 18.2 Å². The maximum absolute atomic E-state index is 11.6. The van der Waals surface area contributed by atoms with Crippen LogP contribution < -0.4 is 9.64 Å². The molecule has 1 unspecified atom stereocenters. The molecule has 0 radical (unpaired) electrons. The minimum atomic E-state index is -0.180. The number of hydrogen-bond donors (Lipinski definition) is 0. The number of aromatic nitrogens is 1. The number of ether oxygens (including phenoxy) is 2. The predicted molar refractivity (Wildman–Crippen MR) is 131 cm³/mol. The van der Waals surface area contributed by atoms with Gasteiger partial charge in [0.05, 0.1) is 19.6 Å². The second-order valence-electron chi connectivity index (χ2n) is 8.42. The van der Waals surface area contributed by atoms with Crippen LogP contribution in [-0.4, -0.2) is 37.8 Å². The van der Waals surface area contributed by atoms with E-state index in [1.165, 1.54) is 52.1 Å². The Balaban J connectivity index is 1.78. The van der Waals surface area contributed by atoms with E-state index < -0.39 is 0 Å². The molecule has 176 valence electrons. The summed E-state index contributed by atoms with van der Waals surface area (Å²) in [6, 6.07) is 14.0. The maximum Gasteiger partial charge on any atom is 0.308 e. The Hall–Kier alpha value is -2.56. The van der Waals surface area contributed by atoms with Crippen LogP contribution in [0.2, 0.25) is 0 Å². The molecule has 5 heteroatoms. The molecule has 1 aromatic carbocycles. The first-order valence-corrected chi connectivity index (χ1v) is 12.1. The SMILES string of the molecule is CCCCCCCCCN(CCOc1ccc(CC(C)C(=O)OC)cc1)c1ccccn1. The van der Waals surface area contributed by atoms with E-state index in [1.807, 2.05) is 49.5 Å². The van der Waals surface area contributed by atoms with Crippen LogP contribution in [0.15, 0.2) is 48.7 Å². The van der Waals surface area contributed by atoms with Gasteiger partial charge in [0.2, 0.25) is 0 Å². The van der Waals surface area contributed by atoms with Crippen LogP contribution in [0.1, 0.15) is 64.4 Å². The highest BCUT2D eigenvalue weighted by Crippen LogP contribution is 2.17. The van der Waals surface area contributed by atoms with Crippen molar-refractivity contribution >= 4 is 11.8 Å². The van der Waals surface area contributed by atoms with Gasteiger partial charge in [-0.25, -0.2) is 4.98 Å². The van der Waals surface area contributed by atoms with Crippen LogP contribution in [0.3, 0.4) is 0 Å². The van der Waals surface area contributed by atoms with Gasteiger partial charge < -0.3 is 14.4 Å². The molecule has 0 saturated heterocycles. The molecule has 0 aliphatic heterocycles. The van der Waals surface area contributed by atoms with E-state index in [0.717, 1.165) is 30.2 Å². The summed E-state index contributed by atoms with van der Waals surface area (Å²) in [7, 11) is 1.43. The molecule has 0 bridgehead atoms. The number of rotatable bonds is 16. The summed E-state index contributed by atoms with van der Waals surface area (Å²) in [5.74, 6) is 1.52. The quantitative estimate of drug-likeness (QED) is 0.234. The Kier molecular flexibility index (Phi) is 12.3. The lowest BCUT2D eigenvalue weighted by Crippen LogP contribution is -2.30. The molecule has 2 aromatic rings. The lowest BCUT2D eigenvalue weighted by Gasteiger charge is -2.24. The molecule has 1 heterocycles. The molecule has 1 atom stereocenters. The molecular formula is C27H40N2O3. The van der Waals surface area contributed by atoms with Crippen molar-refractivity contribution in [3.05, 3.63) is 54.2 Å². The van der Waals surface area contributed by atoms with Gasteiger partial charge in [-0.05, 0) is 42.7 Å². The fourth-order valence-electron chi connectivity index (χ4n) is 3.77. The molecule has 0 amide bonds. The minimum Gasteiger partial charge on any atom is -0.492 e. The average Bonchev–Trinajstić information content (AvgIpc) is 2.83. The zero-order valence-electron chi connectivity index (χ0n) is 20.1. The molecule has 0 N–H and O–H groups in total. The topological polar surface area (TPSA) is 51.7 Å². The Morgan fingerprint density at radius 1 is 0.969 bits per heavy atom. The van der Waals surface area contributed by atoms with E-state index in [2.05, 4.69) is 22.9 Å². The smallest absolute Gasteiger partial charge is 0.308 e. The van der Waals surface area contributed by atoms with Crippen LogP contribution >= 0.6 is 0 Å². The summed E-state index contributed by atoms with van der Waals surface area (Å²) in [6.07, 6.45) is 11.6. The van der Waals surface area contributed by atoms with Crippen molar-refractivity contribution in [2.24, 2.45) is 5.92 Å². The molecule has 0 aliphatic rings. The predicted octanol–water partition coefficient (Wildman–Crippen LogP) is 6.07. The van der Waals surface area contributed by atoms with Crippen LogP contribution in [0.25, 0.3) is 0 Å². The standard InChI is InChI=1S/C27H40N2O3/c1-4-5-6-7-8-9-12-19-29(26-13-10-11-18-28-26)20-21-32-25-16-14-24(15-17-25)22-23(2)27(30)31-3/h10-11,13-18,23H,4-9,12,19-22H2,1-3H3. The van der Waals surface area contributed by atoms with Crippen LogP contribution in [0.4, 0.5) is 5.82 Å². The lowest BCUT2D eigenvalue weighted by molar-refractivity contribution is -0.144. The van der Waals surface area contributed by atoms with Crippen molar-refractivity contribution < 1.29 is 14.3 Å². The second kappa shape index (κ2) is 15.3. The molecule has 0 fully saturated rings. The van der Waals surface area contributed by atoms with Crippen LogP contribution in [0, 0.1) is 5.92 Å². The van der Waals surface area contributed by atoms with Crippen molar-refractivity contribution in [1.82, 2.24) is 4.98 Å². The largest absolute Gasteiger partial charge is 0.492 e. The van der Waals surface area contributed by atoms with Gasteiger partial charge in [-0.15, -0.1) is 0 Å². The van der Waals surface area contributed by atoms with E-state index in [1.54, 1.807) is 0 Å². The average molecular weight is 441 g/mol. The molecule has 0 saturated carbocycles. The van der Waals surface area contributed by atoms with E-state index in [0.29, 0.717) is 13.0 Å². The number of esters is 1. The van der Waals surface area contributed by atoms with Crippen molar-refractivity contribution in [3.8, 4) is 5.75 Å². The first-order chi connectivity index (χ1) is 15.6. The maximum atomic E-state index is 11.6. The summed E-state index contributed by atoms with van der Waals surface area (Å²) in [4.78, 5) is 18.5. The van der Waals surface area contributed by atoms with E-state index in [4.69, 9.17) is 9.47 Å². The van der Waals surface area contributed by atoms with Crippen molar-refractivity contribution in [1.29, 1.82) is 0 Å². The Labute approximate surface area is 194 Å². The monoisotopic (exact) mass is 440 g/mol. The number of anilines is 1. The highest BCUT2D eigenvalue weighted by Gasteiger charge is 2.13. The molecule has 0 aliphatic carbocycles. The molecular weight excluding hydrogens is 400 g/mol. The molecule has 32 heavy (non-hydrogen) atoms. The third-order valence-electron chi connectivity index (χ3n) is 5.70. The number of carbonyl (C=O) groups is 1. The second-order valence-corrected chi connectivity index (χ2v) is 8.42. The normalized spacial score (nSPS) is 11.7. The number of pyridine rings is 1. The van der Waals surface area contributed by atoms with Gasteiger partial charge in [0.15, 0.2) is 0 Å². The fraction of sp³-hybridized carbons (Fsp3) is 0.556. The van der Waals surface area contributed by atoms with Crippen LogP contribution in [-0.2, 0) is 16.0 Å². The number of benzene rings is 1. The number of hydrogen-bond acceptors (Lipinski definition) is 5. The number of methoxy groups -OCH3 is 1. The Bertz CT molecular complexity index is 749. The van der Waals surface area contributed by atoms with Crippen molar-refractivity contribution in [3.63, 3.8) is 0 Å². The Morgan fingerprint density at radius 2 is 1.69 bits per heavy atom. The van der Waals surface area contributed by atoms with Gasteiger partial charge in [-0.1, -0.05) is 70.6 Å². The van der Waals surface area contributed by atoms with E-state index in [9.17, 15) is 4.79 Å². The highest BCUT2D eigenvalue weighted by molar-refractivity contribution is 5.72. The van der Waals surface area contributed by atoms with Gasteiger partial charge in [-0.2, -0.15) is 0 Å². The summed E-state index contributed by atoms with van der Waals surface area (Å²) < 4.78 is 10.8. The van der Waals surface area contributed by atoms with E-state index >= 15 is 0 Å². The minimum absolute atomic E-state index is 0.148. The number of nitrogens with zero attached hydrogens (tertiary/aromatic N) is 2. The third-order valence-corrected chi connectivity index (χ3v) is 5.70. The summed E-state index contributed by atoms with van der Waals surface area (Å²) in [5.41, 5.74) is 1.10. The third kappa shape index (κ3) is 9.71. The van der Waals surface area contributed by atoms with Gasteiger partial charge in [-0.3, -0.25) is 4.79 Å². The van der Waals surface area contributed by atoms with E-state index in [-0.39, 0.29) is 11.9 Å². The van der Waals surface area contributed by atoms with Crippen molar-refractivity contribution in [2.45, 2.75) is 65.2 Å². The Morgan fingerprint density at radius 3 is 2.34 bits per heavy atom. The fourth-order valence-corrected chi connectivity index (χ4v) is 3.77. The van der Waals surface area contributed by atoms with Crippen LogP contribution in [0.5, 0.6) is 5.75 Å². The summed E-state index contributed by atoms with van der Waals surface area (Å²) in [6.45, 7) is 6.54. The molecule has 0 spiro atoms. The highest BCUT2D eigenvalue weighted by atomic mass is 16.5. The zero-order chi connectivity index (χ0) is 23.0. The lowest BCUT2D eigenvalue weighted by atomic mass is 10.0. The first-order valence-electron chi connectivity index (χ1n) is 12.1. The molecule has 2 rings (SSSR count). The summed E-state index contributed by atoms with van der Waals surface area (Å²) >= 11 is 0.